The molecule has 0 atom stereocenters. The van der Waals surface area contributed by atoms with E-state index in [0.717, 1.165) is 21.6 Å². The van der Waals surface area contributed by atoms with Crippen molar-refractivity contribution >= 4 is 27.5 Å². The molecular formula is C15H14BrClFN. The van der Waals surface area contributed by atoms with Gasteiger partial charge in [0.2, 0.25) is 0 Å². The maximum atomic E-state index is 13.7. The van der Waals surface area contributed by atoms with Crippen LogP contribution in [0.15, 0.2) is 46.9 Å². The van der Waals surface area contributed by atoms with Crippen LogP contribution in [-0.2, 0) is 13.1 Å². The van der Waals surface area contributed by atoms with Gasteiger partial charge in [0, 0.05) is 28.1 Å². The molecule has 0 unspecified atom stereocenters. The van der Waals surface area contributed by atoms with Crippen molar-refractivity contribution in [2.45, 2.75) is 13.1 Å². The monoisotopic (exact) mass is 341 g/mol. The van der Waals surface area contributed by atoms with Gasteiger partial charge in [0.1, 0.15) is 5.82 Å². The summed E-state index contributed by atoms with van der Waals surface area (Å²) in [5.74, 6) is -0.188. The molecule has 0 saturated heterocycles. The molecule has 0 aliphatic heterocycles. The Morgan fingerprint density at radius 3 is 2.63 bits per heavy atom. The van der Waals surface area contributed by atoms with Crippen molar-refractivity contribution in [3.63, 3.8) is 0 Å². The van der Waals surface area contributed by atoms with Gasteiger partial charge in [-0.2, -0.15) is 0 Å². The molecule has 0 fully saturated rings. The first-order valence-electron chi connectivity index (χ1n) is 5.91. The lowest BCUT2D eigenvalue weighted by Crippen LogP contribution is -2.18. The quantitative estimate of drug-likeness (QED) is 0.766. The Balaban J connectivity index is 2.03. The minimum absolute atomic E-state index is 0.188. The third kappa shape index (κ3) is 4.30. The minimum Gasteiger partial charge on any atom is -0.298 e. The average Bonchev–Trinajstić information content (AvgIpc) is 2.33. The topological polar surface area (TPSA) is 3.24 Å². The molecule has 0 aromatic heterocycles. The van der Waals surface area contributed by atoms with E-state index in [1.54, 1.807) is 6.07 Å². The number of hydrogen-bond donors (Lipinski definition) is 0. The first-order chi connectivity index (χ1) is 9.04. The summed E-state index contributed by atoms with van der Waals surface area (Å²) in [5, 5.41) is 0.723. The van der Waals surface area contributed by atoms with Crippen molar-refractivity contribution in [3.8, 4) is 0 Å². The van der Waals surface area contributed by atoms with Gasteiger partial charge in [-0.3, -0.25) is 4.90 Å². The lowest BCUT2D eigenvalue weighted by atomic mass is 10.1. The number of halogens is 3. The zero-order valence-electron chi connectivity index (χ0n) is 10.5. The average molecular weight is 343 g/mol. The van der Waals surface area contributed by atoms with Crippen LogP contribution in [0.2, 0.25) is 5.02 Å². The second-order valence-corrected chi connectivity index (χ2v) is 5.89. The van der Waals surface area contributed by atoms with E-state index >= 15 is 0 Å². The standard InChI is InChI=1S/C15H14BrClFN/c1-19(9-11-3-2-4-14(17)7-11)10-12-5-6-13(16)8-15(12)18/h2-8H,9-10H2,1H3. The normalized spacial score (nSPS) is 11.0. The summed E-state index contributed by atoms with van der Waals surface area (Å²) in [5.41, 5.74) is 1.81. The molecular weight excluding hydrogens is 329 g/mol. The molecule has 2 aromatic carbocycles. The van der Waals surface area contributed by atoms with Crippen LogP contribution >= 0.6 is 27.5 Å². The van der Waals surface area contributed by atoms with E-state index in [1.807, 2.05) is 37.4 Å². The molecule has 0 radical (unpaired) electrons. The third-order valence-electron chi connectivity index (χ3n) is 2.80. The van der Waals surface area contributed by atoms with E-state index in [4.69, 9.17) is 11.6 Å². The van der Waals surface area contributed by atoms with E-state index in [-0.39, 0.29) is 5.82 Å². The van der Waals surface area contributed by atoms with Crippen molar-refractivity contribution in [3.05, 3.63) is 68.9 Å². The van der Waals surface area contributed by atoms with Crippen LogP contribution in [0.4, 0.5) is 4.39 Å². The number of benzene rings is 2. The summed E-state index contributed by atoms with van der Waals surface area (Å²) in [6.45, 7) is 1.29. The second kappa shape index (κ2) is 6.51. The Hall–Kier alpha value is -0.900. The molecule has 0 saturated carbocycles. The third-order valence-corrected chi connectivity index (χ3v) is 3.53. The summed E-state index contributed by atoms with van der Waals surface area (Å²) in [6, 6.07) is 12.9. The highest BCUT2D eigenvalue weighted by Gasteiger charge is 2.07. The van der Waals surface area contributed by atoms with Gasteiger partial charge in [0.05, 0.1) is 0 Å². The Morgan fingerprint density at radius 1 is 1.16 bits per heavy atom. The van der Waals surface area contributed by atoms with E-state index in [9.17, 15) is 4.39 Å². The predicted molar refractivity (Wildman–Crippen MR) is 80.7 cm³/mol. The minimum atomic E-state index is -0.188. The summed E-state index contributed by atoms with van der Waals surface area (Å²) < 4.78 is 14.5. The van der Waals surface area contributed by atoms with E-state index in [1.165, 1.54) is 6.07 Å². The van der Waals surface area contributed by atoms with Gasteiger partial charge in [0.15, 0.2) is 0 Å². The van der Waals surface area contributed by atoms with Gasteiger partial charge < -0.3 is 0 Å². The van der Waals surface area contributed by atoms with E-state index in [0.29, 0.717) is 12.1 Å². The fraction of sp³-hybridized carbons (Fsp3) is 0.200. The van der Waals surface area contributed by atoms with Gasteiger partial charge in [0.25, 0.3) is 0 Å². The highest BCUT2D eigenvalue weighted by atomic mass is 79.9. The molecule has 4 heteroatoms. The van der Waals surface area contributed by atoms with Crippen molar-refractivity contribution < 1.29 is 4.39 Å². The Labute approximate surface area is 126 Å². The molecule has 0 aliphatic rings. The highest BCUT2D eigenvalue weighted by molar-refractivity contribution is 9.10. The highest BCUT2D eigenvalue weighted by Crippen LogP contribution is 2.18. The SMILES string of the molecule is CN(Cc1cccc(Cl)c1)Cc1ccc(Br)cc1F. The molecule has 1 nitrogen and oxygen atoms in total. The summed E-state index contributed by atoms with van der Waals surface area (Å²) in [6.07, 6.45) is 0. The zero-order valence-corrected chi connectivity index (χ0v) is 12.9. The number of rotatable bonds is 4. The van der Waals surface area contributed by atoms with Crippen LogP contribution < -0.4 is 0 Å². The molecule has 0 amide bonds. The van der Waals surface area contributed by atoms with Gasteiger partial charge in [-0.05, 0) is 36.9 Å². The maximum Gasteiger partial charge on any atom is 0.128 e. The molecule has 19 heavy (non-hydrogen) atoms. The van der Waals surface area contributed by atoms with Crippen LogP contribution in [-0.4, -0.2) is 11.9 Å². The number of hydrogen-bond acceptors (Lipinski definition) is 1. The van der Waals surface area contributed by atoms with Crippen molar-refractivity contribution in [1.82, 2.24) is 4.90 Å². The molecule has 0 bridgehead atoms. The Morgan fingerprint density at radius 2 is 1.95 bits per heavy atom. The second-order valence-electron chi connectivity index (χ2n) is 4.54. The molecule has 0 aliphatic carbocycles. The van der Waals surface area contributed by atoms with Crippen molar-refractivity contribution in [2.24, 2.45) is 0 Å². The van der Waals surface area contributed by atoms with Crippen LogP contribution in [0.25, 0.3) is 0 Å². The van der Waals surface area contributed by atoms with Crippen molar-refractivity contribution in [2.75, 3.05) is 7.05 Å². The van der Waals surface area contributed by atoms with Gasteiger partial charge in [-0.25, -0.2) is 4.39 Å². The maximum absolute atomic E-state index is 13.7. The van der Waals surface area contributed by atoms with E-state index in [2.05, 4.69) is 20.8 Å². The summed E-state index contributed by atoms with van der Waals surface area (Å²) in [4.78, 5) is 2.05. The summed E-state index contributed by atoms with van der Waals surface area (Å²) >= 11 is 9.20. The van der Waals surface area contributed by atoms with Gasteiger partial charge in [-0.1, -0.05) is 45.7 Å². The molecule has 2 rings (SSSR count). The lowest BCUT2D eigenvalue weighted by Gasteiger charge is -2.17. The fourth-order valence-corrected chi connectivity index (χ4v) is 2.49. The first kappa shape index (κ1) is 14.5. The van der Waals surface area contributed by atoms with Gasteiger partial charge >= 0.3 is 0 Å². The Bertz CT molecular complexity index is 574. The molecule has 0 spiro atoms. The van der Waals surface area contributed by atoms with Crippen LogP contribution in [0.5, 0.6) is 0 Å². The van der Waals surface area contributed by atoms with Crippen LogP contribution in [0.1, 0.15) is 11.1 Å². The van der Waals surface area contributed by atoms with E-state index < -0.39 is 0 Å². The largest absolute Gasteiger partial charge is 0.298 e. The van der Waals surface area contributed by atoms with Gasteiger partial charge in [-0.15, -0.1) is 0 Å². The molecule has 100 valence electrons. The lowest BCUT2D eigenvalue weighted by molar-refractivity contribution is 0.313. The fourth-order valence-electron chi connectivity index (χ4n) is 1.94. The zero-order chi connectivity index (χ0) is 13.8. The van der Waals surface area contributed by atoms with Crippen LogP contribution in [0.3, 0.4) is 0 Å². The van der Waals surface area contributed by atoms with Crippen molar-refractivity contribution in [1.29, 1.82) is 0 Å². The number of nitrogens with zero attached hydrogens (tertiary/aromatic N) is 1. The van der Waals surface area contributed by atoms with Crippen LogP contribution in [0, 0.1) is 5.82 Å². The molecule has 2 aromatic rings. The first-order valence-corrected chi connectivity index (χ1v) is 7.08. The molecule has 0 N–H and O–H groups in total. The summed E-state index contributed by atoms with van der Waals surface area (Å²) in [7, 11) is 1.96. The molecule has 0 heterocycles. The smallest absolute Gasteiger partial charge is 0.128 e. The predicted octanol–water partition coefficient (Wildman–Crippen LogP) is 4.87. The Kier molecular flexibility index (Phi) is 4.97.